The lowest BCUT2D eigenvalue weighted by Crippen LogP contribution is -2.32. The third-order valence-electron chi connectivity index (χ3n) is 11.3. The number of aliphatic hydroxyl groups is 2. The summed E-state index contributed by atoms with van der Waals surface area (Å²) in [5.74, 6) is 2.02. The molecule has 2 aliphatic carbocycles. The fourth-order valence-corrected chi connectivity index (χ4v) is 9.10. The van der Waals surface area contributed by atoms with Gasteiger partial charge in [-0.1, -0.05) is 52.0 Å². The predicted octanol–water partition coefficient (Wildman–Crippen LogP) is 7.12. The van der Waals surface area contributed by atoms with E-state index in [1.165, 1.54) is 33.4 Å². The Balaban J connectivity index is 1.12. The average Bonchev–Trinajstić information content (AvgIpc) is 3.42. The van der Waals surface area contributed by atoms with Crippen LogP contribution in [0, 0.1) is 0 Å². The number of nitrogens with zero attached hydrogens (tertiary/aromatic N) is 2. The summed E-state index contributed by atoms with van der Waals surface area (Å²) in [6.45, 7) is 12.7. The molecule has 47 heavy (non-hydrogen) atoms. The van der Waals surface area contributed by atoms with Gasteiger partial charge in [0.15, 0.2) is 13.5 Å². The molecule has 0 atom stereocenters. The van der Waals surface area contributed by atoms with E-state index in [-0.39, 0.29) is 29.5 Å². The first-order valence-electron chi connectivity index (χ1n) is 17.1. The van der Waals surface area contributed by atoms with E-state index >= 15 is 0 Å². The third-order valence-corrected chi connectivity index (χ3v) is 11.3. The highest BCUT2D eigenvalue weighted by Gasteiger charge is 2.57. The molecule has 1 spiro atoms. The molecule has 0 bridgehead atoms. The maximum Gasteiger partial charge on any atom is 0.161 e. The van der Waals surface area contributed by atoms with Crippen LogP contribution in [0.25, 0.3) is 0 Å². The lowest BCUT2D eigenvalue weighted by molar-refractivity contribution is 0.287. The molecule has 4 aromatic carbocycles. The molecule has 0 amide bonds. The van der Waals surface area contributed by atoms with E-state index in [0.717, 1.165) is 59.9 Å². The molecule has 6 heteroatoms. The van der Waals surface area contributed by atoms with Gasteiger partial charge in [0.2, 0.25) is 0 Å². The summed E-state index contributed by atoms with van der Waals surface area (Å²) in [6, 6.07) is 26.6. The minimum absolute atomic E-state index is 0.0199. The Labute approximate surface area is 278 Å². The first kappa shape index (κ1) is 30.3. The van der Waals surface area contributed by atoms with Crippen molar-refractivity contribution in [3.63, 3.8) is 0 Å². The molecule has 4 aliphatic rings. The van der Waals surface area contributed by atoms with Crippen molar-refractivity contribution in [3.8, 4) is 11.5 Å². The molecule has 2 heterocycles. The van der Waals surface area contributed by atoms with E-state index in [1.54, 1.807) is 0 Å². The van der Waals surface area contributed by atoms with Crippen LogP contribution in [-0.2, 0) is 42.2 Å². The summed E-state index contributed by atoms with van der Waals surface area (Å²) < 4.78 is 13.0. The molecule has 0 fully saturated rings. The van der Waals surface area contributed by atoms with Gasteiger partial charge in [0.25, 0.3) is 0 Å². The van der Waals surface area contributed by atoms with Gasteiger partial charge < -0.3 is 29.5 Å². The van der Waals surface area contributed by atoms with Crippen LogP contribution in [0.3, 0.4) is 0 Å². The van der Waals surface area contributed by atoms with Crippen molar-refractivity contribution in [3.05, 3.63) is 117 Å². The largest absolute Gasteiger partial charge is 0.473 e. The van der Waals surface area contributed by atoms with Crippen LogP contribution in [-0.4, -0.2) is 36.9 Å². The van der Waals surface area contributed by atoms with Crippen molar-refractivity contribution >= 4 is 11.4 Å². The standard InChI is InChI=1S/C41H46N2O4/c1-39(2)23-41(35-19-37-29(17-33(35)39)21-42(25-46-37)31-9-5-27(6-10-31)13-15-44)24-40(3,4)34-18-30-22-43(26-47-38(30)20-36(34)41)32-11-7-28(8-12-32)14-16-45/h5-12,17-20,44-45H,13-16,21-26H2,1-4H3. The topological polar surface area (TPSA) is 65.4 Å². The van der Waals surface area contributed by atoms with Crippen LogP contribution in [0.2, 0.25) is 0 Å². The summed E-state index contributed by atoms with van der Waals surface area (Å²) in [4.78, 5) is 4.58. The number of fused-ring (bicyclic) bond motifs is 6. The zero-order chi connectivity index (χ0) is 32.6. The van der Waals surface area contributed by atoms with Crippen molar-refractivity contribution in [1.29, 1.82) is 0 Å². The highest BCUT2D eigenvalue weighted by Crippen LogP contribution is 2.64. The SMILES string of the molecule is CC1(C)CC2(CC(C)(C)c3cc4c(cc32)OCN(c2ccc(CCO)cc2)C4)c2cc3c(cc21)CN(c1ccc(CCO)cc1)CO3. The molecule has 4 aromatic rings. The van der Waals surface area contributed by atoms with Crippen molar-refractivity contribution < 1.29 is 19.7 Å². The summed E-state index contributed by atoms with van der Waals surface area (Å²) >= 11 is 0. The van der Waals surface area contributed by atoms with Gasteiger partial charge in [0, 0.05) is 54.2 Å². The maximum atomic E-state index is 9.30. The monoisotopic (exact) mass is 630 g/mol. The zero-order valence-corrected chi connectivity index (χ0v) is 28.1. The summed E-state index contributed by atoms with van der Waals surface area (Å²) in [5.41, 5.74) is 12.8. The summed E-state index contributed by atoms with van der Waals surface area (Å²) in [7, 11) is 0. The van der Waals surface area contributed by atoms with Crippen LogP contribution >= 0.6 is 0 Å². The van der Waals surface area contributed by atoms with Crippen molar-refractivity contribution in [2.24, 2.45) is 0 Å². The number of ether oxygens (including phenoxy) is 2. The minimum atomic E-state index is -0.0895. The summed E-state index contributed by atoms with van der Waals surface area (Å²) in [5, 5.41) is 18.6. The molecule has 2 N–H and O–H groups in total. The van der Waals surface area contributed by atoms with Gasteiger partial charge in [-0.25, -0.2) is 0 Å². The van der Waals surface area contributed by atoms with Gasteiger partial charge >= 0.3 is 0 Å². The van der Waals surface area contributed by atoms with E-state index in [0.29, 0.717) is 26.3 Å². The fourth-order valence-electron chi connectivity index (χ4n) is 9.10. The van der Waals surface area contributed by atoms with Crippen molar-refractivity contribution in [2.45, 2.75) is 82.7 Å². The van der Waals surface area contributed by atoms with Gasteiger partial charge in [-0.05, 0) is 118 Å². The lowest BCUT2D eigenvalue weighted by atomic mass is 9.72. The molecular formula is C41H46N2O4. The van der Waals surface area contributed by atoms with Crippen LogP contribution in [0.15, 0.2) is 72.8 Å². The molecule has 6 nitrogen and oxygen atoms in total. The minimum Gasteiger partial charge on any atom is -0.473 e. The van der Waals surface area contributed by atoms with Gasteiger partial charge in [-0.2, -0.15) is 0 Å². The Hall–Kier alpha value is -4.00. The Morgan fingerprint density at radius 2 is 0.979 bits per heavy atom. The van der Waals surface area contributed by atoms with Gasteiger partial charge in [0.05, 0.1) is 0 Å². The molecule has 8 rings (SSSR count). The van der Waals surface area contributed by atoms with Crippen LogP contribution < -0.4 is 19.3 Å². The second-order valence-corrected chi connectivity index (χ2v) is 15.4. The normalized spacial score (nSPS) is 19.4. The number of hydrogen-bond acceptors (Lipinski definition) is 6. The van der Waals surface area contributed by atoms with Crippen LogP contribution in [0.5, 0.6) is 11.5 Å². The number of anilines is 2. The number of aliphatic hydroxyl groups excluding tert-OH is 2. The van der Waals surface area contributed by atoms with Gasteiger partial charge in [-0.15, -0.1) is 0 Å². The van der Waals surface area contributed by atoms with E-state index in [1.807, 2.05) is 0 Å². The second-order valence-electron chi connectivity index (χ2n) is 15.4. The van der Waals surface area contributed by atoms with Gasteiger partial charge in [0.1, 0.15) is 11.5 Å². The Kier molecular flexibility index (Phi) is 7.12. The quantitative estimate of drug-likeness (QED) is 0.237. The molecule has 0 saturated carbocycles. The van der Waals surface area contributed by atoms with E-state index < -0.39 is 0 Å². The van der Waals surface area contributed by atoms with Crippen molar-refractivity contribution in [2.75, 3.05) is 36.5 Å². The maximum absolute atomic E-state index is 9.30. The molecule has 0 saturated heterocycles. The Bertz CT molecular complexity index is 1690. The summed E-state index contributed by atoms with van der Waals surface area (Å²) in [6.07, 6.45) is 3.49. The first-order chi connectivity index (χ1) is 22.6. The highest BCUT2D eigenvalue weighted by atomic mass is 16.5. The fraction of sp³-hybridized carbons (Fsp3) is 0.415. The Morgan fingerprint density at radius 1 is 0.574 bits per heavy atom. The number of hydrogen-bond donors (Lipinski definition) is 2. The molecule has 0 radical (unpaired) electrons. The third kappa shape index (κ3) is 4.99. The first-order valence-corrected chi connectivity index (χ1v) is 17.1. The highest BCUT2D eigenvalue weighted by molar-refractivity contribution is 5.65. The van der Waals surface area contributed by atoms with Crippen molar-refractivity contribution in [1.82, 2.24) is 0 Å². The molecular weight excluding hydrogens is 584 g/mol. The Morgan fingerprint density at radius 3 is 1.36 bits per heavy atom. The van der Waals surface area contributed by atoms with E-state index in [2.05, 4.69) is 110 Å². The predicted molar refractivity (Wildman–Crippen MR) is 187 cm³/mol. The van der Waals surface area contributed by atoms with E-state index in [4.69, 9.17) is 9.47 Å². The molecule has 0 unspecified atom stereocenters. The molecule has 2 aliphatic heterocycles. The molecule has 244 valence electrons. The zero-order valence-electron chi connectivity index (χ0n) is 28.1. The van der Waals surface area contributed by atoms with Crippen LogP contribution in [0.1, 0.15) is 85.0 Å². The van der Waals surface area contributed by atoms with Gasteiger partial charge in [-0.3, -0.25) is 0 Å². The van der Waals surface area contributed by atoms with E-state index in [9.17, 15) is 10.2 Å². The average molecular weight is 631 g/mol. The van der Waals surface area contributed by atoms with Crippen LogP contribution in [0.4, 0.5) is 11.4 Å². The lowest BCUT2D eigenvalue weighted by Gasteiger charge is -2.34. The smallest absolute Gasteiger partial charge is 0.161 e. The second kappa shape index (κ2) is 11.0. The number of rotatable bonds is 6. The molecule has 0 aromatic heterocycles. The number of benzene rings is 4.